The van der Waals surface area contributed by atoms with Crippen molar-refractivity contribution in [3.05, 3.63) is 33.9 Å². The summed E-state index contributed by atoms with van der Waals surface area (Å²) < 4.78 is 0. The molecule has 0 aliphatic carbocycles. The largest absolute Gasteiger partial charge is 0.373 e. The van der Waals surface area contributed by atoms with Gasteiger partial charge in [-0.15, -0.1) is 0 Å². The minimum atomic E-state index is -0.576. The number of benzene rings is 1. The Bertz CT molecular complexity index is 665. The molecule has 3 heteroatoms. The van der Waals surface area contributed by atoms with Crippen LogP contribution in [0.2, 0.25) is 0 Å². The molecule has 0 aliphatic rings. The summed E-state index contributed by atoms with van der Waals surface area (Å²) >= 11 is 0. The molecule has 3 nitrogen and oxygen atoms in total. The number of hydrogen-bond donors (Lipinski definition) is 1. The lowest BCUT2D eigenvalue weighted by atomic mass is 9.83. The van der Waals surface area contributed by atoms with Crippen LogP contribution in [-0.2, 0) is 30.6 Å². The van der Waals surface area contributed by atoms with E-state index in [2.05, 4.69) is 38.6 Å². The standard InChI is InChI=1S/C31H54O3/c1-5-9-13-17-21-26-25-30(31(32)34-33)29(24-20-16-12-8-4)28(23-19-15-11-7-3)27(26)22-18-14-10-6-2/h25,33H,5-24H2,1-4H3. The van der Waals surface area contributed by atoms with Crippen LogP contribution in [-0.4, -0.2) is 11.2 Å². The van der Waals surface area contributed by atoms with E-state index in [1.165, 1.54) is 107 Å². The third-order valence-electron chi connectivity index (χ3n) is 7.20. The molecular weight excluding hydrogens is 420 g/mol. The number of rotatable bonds is 21. The second-order valence-corrected chi connectivity index (χ2v) is 10.1. The van der Waals surface area contributed by atoms with Gasteiger partial charge in [0.2, 0.25) is 0 Å². The Morgan fingerprint density at radius 3 is 1.44 bits per heavy atom. The van der Waals surface area contributed by atoms with Crippen molar-refractivity contribution in [2.45, 2.75) is 156 Å². The van der Waals surface area contributed by atoms with Gasteiger partial charge in [-0.2, -0.15) is 5.26 Å². The Morgan fingerprint density at radius 2 is 1.00 bits per heavy atom. The van der Waals surface area contributed by atoms with Crippen molar-refractivity contribution in [1.29, 1.82) is 0 Å². The van der Waals surface area contributed by atoms with Crippen LogP contribution in [0, 0.1) is 0 Å². The fourth-order valence-corrected chi connectivity index (χ4v) is 5.17. The van der Waals surface area contributed by atoms with Crippen LogP contribution in [0.25, 0.3) is 0 Å². The van der Waals surface area contributed by atoms with Crippen molar-refractivity contribution in [2.75, 3.05) is 0 Å². The SMILES string of the molecule is CCCCCCc1cc(C(=O)OO)c(CCCCCC)c(CCCCCC)c1CCCCCC. The maximum atomic E-state index is 12.7. The predicted molar refractivity (Wildman–Crippen MR) is 146 cm³/mol. The molecule has 0 unspecified atom stereocenters. The molecule has 0 radical (unpaired) electrons. The molecule has 0 fully saturated rings. The molecule has 0 aromatic heterocycles. The first-order valence-corrected chi connectivity index (χ1v) is 14.7. The summed E-state index contributed by atoms with van der Waals surface area (Å²) in [5.74, 6) is -0.576. The Balaban J connectivity index is 3.41. The van der Waals surface area contributed by atoms with Crippen LogP contribution in [0.3, 0.4) is 0 Å². The minimum Gasteiger partial charge on any atom is -0.295 e. The normalized spacial score (nSPS) is 11.2. The highest BCUT2D eigenvalue weighted by molar-refractivity contribution is 5.91. The zero-order valence-corrected chi connectivity index (χ0v) is 23.0. The highest BCUT2D eigenvalue weighted by Crippen LogP contribution is 2.31. The van der Waals surface area contributed by atoms with Gasteiger partial charge in [0.05, 0.1) is 5.56 Å². The zero-order chi connectivity index (χ0) is 25.0. The van der Waals surface area contributed by atoms with Crippen LogP contribution in [0.5, 0.6) is 0 Å². The van der Waals surface area contributed by atoms with E-state index < -0.39 is 5.97 Å². The van der Waals surface area contributed by atoms with Gasteiger partial charge in [-0.1, -0.05) is 105 Å². The van der Waals surface area contributed by atoms with E-state index >= 15 is 0 Å². The monoisotopic (exact) mass is 474 g/mol. The maximum absolute atomic E-state index is 12.7. The van der Waals surface area contributed by atoms with Crippen LogP contribution in [0.4, 0.5) is 0 Å². The quantitative estimate of drug-likeness (QED) is 0.109. The van der Waals surface area contributed by atoms with Crippen LogP contribution in [0.15, 0.2) is 6.07 Å². The van der Waals surface area contributed by atoms with Gasteiger partial charge in [0.1, 0.15) is 0 Å². The summed E-state index contributed by atoms with van der Waals surface area (Å²) in [4.78, 5) is 17.0. The summed E-state index contributed by atoms with van der Waals surface area (Å²) in [6.07, 6.45) is 23.6. The molecule has 0 amide bonds. The van der Waals surface area contributed by atoms with E-state index in [0.29, 0.717) is 5.56 Å². The lowest BCUT2D eigenvalue weighted by Crippen LogP contribution is -2.14. The molecule has 196 valence electrons. The molecule has 1 N–H and O–H groups in total. The van der Waals surface area contributed by atoms with E-state index in [-0.39, 0.29) is 0 Å². The smallest absolute Gasteiger partial charge is 0.295 e. The number of aryl methyl sites for hydroxylation is 1. The maximum Gasteiger partial charge on any atom is 0.373 e. The summed E-state index contributed by atoms with van der Waals surface area (Å²) in [5.41, 5.74) is 6.04. The van der Waals surface area contributed by atoms with Crippen LogP contribution >= 0.6 is 0 Å². The molecule has 0 heterocycles. The molecule has 1 rings (SSSR count). The Hall–Kier alpha value is -1.35. The van der Waals surface area contributed by atoms with Crippen molar-refractivity contribution in [3.8, 4) is 0 Å². The van der Waals surface area contributed by atoms with Crippen molar-refractivity contribution in [2.24, 2.45) is 0 Å². The average molecular weight is 475 g/mol. The molecule has 1 aromatic rings. The Labute approximate surface area is 211 Å². The zero-order valence-electron chi connectivity index (χ0n) is 23.0. The average Bonchev–Trinajstić information content (AvgIpc) is 2.85. The Kier molecular flexibility index (Phi) is 18.0. The lowest BCUT2D eigenvalue weighted by molar-refractivity contribution is -0.182. The molecule has 0 atom stereocenters. The molecule has 0 saturated heterocycles. The number of hydrogen-bond acceptors (Lipinski definition) is 3. The highest BCUT2D eigenvalue weighted by Gasteiger charge is 2.22. The summed E-state index contributed by atoms with van der Waals surface area (Å²) in [6.45, 7) is 9.00. The van der Waals surface area contributed by atoms with Gasteiger partial charge < -0.3 is 0 Å². The summed E-state index contributed by atoms with van der Waals surface area (Å²) in [5, 5.41) is 9.32. The molecular formula is C31H54O3. The van der Waals surface area contributed by atoms with E-state index in [4.69, 9.17) is 0 Å². The van der Waals surface area contributed by atoms with Crippen LogP contribution in [0.1, 0.15) is 163 Å². The van der Waals surface area contributed by atoms with Gasteiger partial charge in [-0.25, -0.2) is 4.79 Å². The third-order valence-corrected chi connectivity index (χ3v) is 7.20. The van der Waals surface area contributed by atoms with Gasteiger partial charge in [-0.3, -0.25) is 4.89 Å². The second kappa shape index (κ2) is 19.9. The van der Waals surface area contributed by atoms with E-state index in [9.17, 15) is 10.1 Å². The molecule has 34 heavy (non-hydrogen) atoms. The fraction of sp³-hybridized carbons (Fsp3) is 0.774. The number of unbranched alkanes of at least 4 members (excludes halogenated alkanes) is 12. The molecule has 0 bridgehead atoms. The summed E-state index contributed by atoms with van der Waals surface area (Å²) in [7, 11) is 0. The summed E-state index contributed by atoms with van der Waals surface area (Å²) in [6, 6.07) is 2.09. The second-order valence-electron chi connectivity index (χ2n) is 10.1. The van der Waals surface area contributed by atoms with Crippen molar-refractivity contribution in [1.82, 2.24) is 0 Å². The highest BCUT2D eigenvalue weighted by atomic mass is 17.1. The molecule has 1 aromatic carbocycles. The third kappa shape index (κ3) is 11.4. The molecule has 0 spiro atoms. The van der Waals surface area contributed by atoms with Crippen molar-refractivity contribution >= 4 is 5.97 Å². The van der Waals surface area contributed by atoms with E-state index in [1.807, 2.05) is 0 Å². The molecule has 0 aliphatic heterocycles. The van der Waals surface area contributed by atoms with Gasteiger partial charge in [0, 0.05) is 0 Å². The van der Waals surface area contributed by atoms with Gasteiger partial charge in [0.25, 0.3) is 0 Å². The van der Waals surface area contributed by atoms with E-state index in [1.54, 1.807) is 0 Å². The lowest BCUT2D eigenvalue weighted by Gasteiger charge is -2.22. The van der Waals surface area contributed by atoms with Gasteiger partial charge >= 0.3 is 5.97 Å². The first kappa shape index (κ1) is 30.7. The van der Waals surface area contributed by atoms with E-state index in [0.717, 1.165) is 44.1 Å². The van der Waals surface area contributed by atoms with Gasteiger partial charge in [-0.05, 0) is 79.7 Å². The van der Waals surface area contributed by atoms with Crippen molar-refractivity contribution < 1.29 is 14.9 Å². The first-order valence-electron chi connectivity index (χ1n) is 14.7. The molecule has 0 saturated carbocycles. The first-order chi connectivity index (χ1) is 16.6. The van der Waals surface area contributed by atoms with Crippen LogP contribution < -0.4 is 0 Å². The number of carbonyl (C=O) groups excluding carboxylic acids is 1. The van der Waals surface area contributed by atoms with Crippen molar-refractivity contribution in [3.63, 3.8) is 0 Å². The number of carbonyl (C=O) groups is 1. The Morgan fingerprint density at radius 1 is 0.588 bits per heavy atom. The topological polar surface area (TPSA) is 46.5 Å². The van der Waals surface area contributed by atoms with Gasteiger partial charge in [0.15, 0.2) is 0 Å². The fourth-order valence-electron chi connectivity index (χ4n) is 5.17. The minimum absolute atomic E-state index is 0.576. The predicted octanol–water partition coefficient (Wildman–Crippen LogP) is 9.81.